The molecule has 1 unspecified atom stereocenters. The van der Waals surface area contributed by atoms with E-state index >= 15 is 0 Å². The van der Waals surface area contributed by atoms with Crippen molar-refractivity contribution in [3.05, 3.63) is 0 Å². The fraction of sp³-hybridized carbons (Fsp3) is 1.00. The number of piperidine rings is 1. The Morgan fingerprint density at radius 2 is 2.11 bits per heavy atom. The number of rotatable bonds is 7. The van der Waals surface area contributed by atoms with Crippen LogP contribution in [-0.4, -0.2) is 56.8 Å². The van der Waals surface area contributed by atoms with Crippen LogP contribution >= 0.6 is 0 Å². The molecule has 0 bridgehead atoms. The van der Waals surface area contributed by atoms with Crippen molar-refractivity contribution in [2.75, 3.05) is 39.8 Å². The first-order valence-corrected chi connectivity index (χ1v) is 8.34. The summed E-state index contributed by atoms with van der Waals surface area (Å²) in [4.78, 5) is 0. The molecule has 1 aliphatic heterocycles. The Balaban J connectivity index is 2.59. The third kappa shape index (κ3) is 4.19. The Hall–Kier alpha value is -0.170. The second-order valence-electron chi connectivity index (χ2n) is 5.00. The maximum atomic E-state index is 12.3. The molecule has 1 saturated heterocycles. The van der Waals surface area contributed by atoms with Gasteiger partial charge in [0.2, 0.25) is 0 Å². The van der Waals surface area contributed by atoms with Crippen molar-refractivity contribution >= 4 is 10.2 Å². The van der Waals surface area contributed by atoms with Crippen LogP contribution in [0.2, 0.25) is 0 Å². The zero-order valence-corrected chi connectivity index (χ0v) is 12.7. The van der Waals surface area contributed by atoms with Crippen molar-refractivity contribution in [2.45, 2.75) is 33.1 Å². The van der Waals surface area contributed by atoms with Gasteiger partial charge in [0.05, 0.1) is 0 Å². The van der Waals surface area contributed by atoms with Crippen LogP contribution in [0.25, 0.3) is 0 Å². The maximum Gasteiger partial charge on any atom is 0.281 e. The molecule has 108 valence electrons. The first kappa shape index (κ1) is 15.9. The Morgan fingerprint density at radius 3 is 2.72 bits per heavy atom. The molecule has 0 saturated carbocycles. The van der Waals surface area contributed by atoms with E-state index in [9.17, 15) is 8.42 Å². The predicted molar refractivity (Wildman–Crippen MR) is 74.7 cm³/mol. The molecule has 0 aromatic heterocycles. The van der Waals surface area contributed by atoms with E-state index in [-0.39, 0.29) is 0 Å². The van der Waals surface area contributed by atoms with Gasteiger partial charge < -0.3 is 5.32 Å². The molecule has 0 spiro atoms. The number of nitrogens with one attached hydrogen (secondary N) is 1. The van der Waals surface area contributed by atoms with Crippen LogP contribution < -0.4 is 5.32 Å². The van der Waals surface area contributed by atoms with Crippen molar-refractivity contribution < 1.29 is 8.42 Å². The minimum absolute atomic E-state index is 0.448. The highest BCUT2D eigenvalue weighted by Gasteiger charge is 2.31. The molecular formula is C12H27N3O2S. The van der Waals surface area contributed by atoms with Gasteiger partial charge in [-0.3, -0.25) is 0 Å². The van der Waals surface area contributed by atoms with E-state index in [0.29, 0.717) is 25.6 Å². The summed E-state index contributed by atoms with van der Waals surface area (Å²) in [6.07, 6.45) is 2.94. The Bertz CT molecular complexity index is 332. The van der Waals surface area contributed by atoms with Gasteiger partial charge in [-0.2, -0.15) is 17.0 Å². The largest absolute Gasteiger partial charge is 0.317 e. The second kappa shape index (κ2) is 7.43. The fourth-order valence-electron chi connectivity index (χ4n) is 2.38. The summed E-state index contributed by atoms with van der Waals surface area (Å²) in [7, 11) is -1.57. The van der Waals surface area contributed by atoms with Crippen molar-refractivity contribution in [1.82, 2.24) is 13.9 Å². The molecule has 0 aliphatic carbocycles. The number of hydrogen-bond donors (Lipinski definition) is 1. The first-order chi connectivity index (χ1) is 8.52. The third-order valence-electron chi connectivity index (χ3n) is 3.42. The quantitative estimate of drug-likeness (QED) is 0.752. The van der Waals surface area contributed by atoms with Crippen LogP contribution in [0.4, 0.5) is 0 Å². The lowest BCUT2D eigenvalue weighted by molar-refractivity contribution is 0.247. The zero-order valence-electron chi connectivity index (χ0n) is 11.9. The van der Waals surface area contributed by atoms with E-state index in [1.807, 2.05) is 6.92 Å². The molecule has 0 radical (unpaired) electrons. The van der Waals surface area contributed by atoms with E-state index in [0.717, 1.165) is 32.4 Å². The lowest BCUT2D eigenvalue weighted by Crippen LogP contribution is -2.48. The smallest absolute Gasteiger partial charge is 0.281 e. The molecule has 0 amide bonds. The summed E-state index contributed by atoms with van der Waals surface area (Å²) < 4.78 is 27.8. The van der Waals surface area contributed by atoms with E-state index in [1.165, 1.54) is 4.31 Å². The van der Waals surface area contributed by atoms with Gasteiger partial charge in [0.25, 0.3) is 10.2 Å². The Kier molecular flexibility index (Phi) is 6.55. The molecule has 1 aliphatic rings. The van der Waals surface area contributed by atoms with Crippen molar-refractivity contribution in [1.29, 1.82) is 0 Å². The molecular weight excluding hydrogens is 250 g/mol. The standard InChI is InChI=1S/C12H27N3O2S/c1-4-8-14(3)18(16,17)15-9-6-7-12(11-15)10-13-5-2/h12-13H,4-11H2,1-3H3. The summed E-state index contributed by atoms with van der Waals surface area (Å²) in [5, 5.41) is 3.31. The molecule has 1 atom stereocenters. The fourth-order valence-corrected chi connectivity index (χ4v) is 3.95. The molecule has 1 heterocycles. The minimum Gasteiger partial charge on any atom is -0.317 e. The predicted octanol–water partition coefficient (Wildman–Crippen LogP) is 0.895. The molecule has 0 aromatic carbocycles. The van der Waals surface area contributed by atoms with E-state index in [2.05, 4.69) is 12.2 Å². The zero-order chi connectivity index (χ0) is 13.6. The highest BCUT2D eigenvalue weighted by Crippen LogP contribution is 2.20. The second-order valence-corrected chi connectivity index (χ2v) is 7.04. The number of hydrogen-bond acceptors (Lipinski definition) is 3. The molecule has 1 fully saturated rings. The van der Waals surface area contributed by atoms with E-state index in [1.54, 1.807) is 11.4 Å². The SMILES string of the molecule is CCCN(C)S(=O)(=O)N1CCCC(CNCC)C1. The third-order valence-corrected chi connectivity index (χ3v) is 5.38. The van der Waals surface area contributed by atoms with Gasteiger partial charge in [-0.15, -0.1) is 0 Å². The van der Waals surface area contributed by atoms with Gasteiger partial charge in [0, 0.05) is 26.7 Å². The summed E-state index contributed by atoms with van der Waals surface area (Å²) in [6, 6.07) is 0. The van der Waals surface area contributed by atoms with Gasteiger partial charge >= 0.3 is 0 Å². The van der Waals surface area contributed by atoms with Gasteiger partial charge in [-0.05, 0) is 38.3 Å². The average molecular weight is 277 g/mol. The molecule has 1 N–H and O–H groups in total. The lowest BCUT2D eigenvalue weighted by atomic mass is 10.00. The van der Waals surface area contributed by atoms with Crippen LogP contribution in [0, 0.1) is 5.92 Å². The van der Waals surface area contributed by atoms with Gasteiger partial charge in [0.1, 0.15) is 0 Å². The van der Waals surface area contributed by atoms with E-state index in [4.69, 9.17) is 0 Å². The molecule has 0 aromatic rings. The number of nitrogens with zero attached hydrogens (tertiary/aromatic N) is 2. The summed E-state index contributed by atoms with van der Waals surface area (Å²) >= 11 is 0. The summed E-state index contributed by atoms with van der Waals surface area (Å²) in [5.41, 5.74) is 0. The van der Waals surface area contributed by atoms with Gasteiger partial charge in [-0.25, -0.2) is 0 Å². The highest BCUT2D eigenvalue weighted by molar-refractivity contribution is 7.86. The van der Waals surface area contributed by atoms with Crippen LogP contribution in [-0.2, 0) is 10.2 Å². The monoisotopic (exact) mass is 277 g/mol. The first-order valence-electron chi connectivity index (χ1n) is 6.94. The van der Waals surface area contributed by atoms with Crippen LogP contribution in [0.5, 0.6) is 0 Å². The van der Waals surface area contributed by atoms with Gasteiger partial charge in [0.15, 0.2) is 0 Å². The van der Waals surface area contributed by atoms with Crippen LogP contribution in [0.15, 0.2) is 0 Å². The van der Waals surface area contributed by atoms with Crippen LogP contribution in [0.3, 0.4) is 0 Å². The highest BCUT2D eigenvalue weighted by atomic mass is 32.2. The average Bonchev–Trinajstić information content (AvgIpc) is 2.37. The van der Waals surface area contributed by atoms with Crippen molar-refractivity contribution in [2.24, 2.45) is 5.92 Å². The maximum absolute atomic E-state index is 12.3. The topological polar surface area (TPSA) is 52.7 Å². The Morgan fingerprint density at radius 1 is 1.39 bits per heavy atom. The van der Waals surface area contributed by atoms with Crippen molar-refractivity contribution in [3.8, 4) is 0 Å². The minimum atomic E-state index is -3.24. The lowest BCUT2D eigenvalue weighted by Gasteiger charge is -2.34. The molecule has 18 heavy (non-hydrogen) atoms. The summed E-state index contributed by atoms with van der Waals surface area (Å²) in [5.74, 6) is 0.448. The molecule has 6 heteroatoms. The van der Waals surface area contributed by atoms with Crippen LogP contribution in [0.1, 0.15) is 33.1 Å². The van der Waals surface area contributed by atoms with Crippen molar-refractivity contribution in [3.63, 3.8) is 0 Å². The summed E-state index contributed by atoms with van der Waals surface area (Å²) in [6.45, 7) is 7.85. The van der Waals surface area contributed by atoms with Gasteiger partial charge in [-0.1, -0.05) is 13.8 Å². The Labute approximate surface area is 112 Å². The molecule has 1 rings (SSSR count). The van der Waals surface area contributed by atoms with E-state index < -0.39 is 10.2 Å². The normalized spacial score (nSPS) is 22.6. The molecule has 5 nitrogen and oxygen atoms in total.